The maximum atomic E-state index is 13.1. The van der Waals surface area contributed by atoms with Gasteiger partial charge in [0.15, 0.2) is 0 Å². The molecule has 0 bridgehead atoms. The first-order chi connectivity index (χ1) is 12.5. The minimum absolute atomic E-state index is 0.0144. The van der Waals surface area contributed by atoms with E-state index in [1.165, 1.54) is 19.2 Å². The van der Waals surface area contributed by atoms with Crippen molar-refractivity contribution >= 4 is 6.09 Å². The van der Waals surface area contributed by atoms with E-state index in [0.717, 1.165) is 4.90 Å². The van der Waals surface area contributed by atoms with Crippen LogP contribution in [0, 0.1) is 17.7 Å². The van der Waals surface area contributed by atoms with Crippen LogP contribution in [0.15, 0.2) is 47.1 Å². The van der Waals surface area contributed by atoms with Crippen molar-refractivity contribution in [1.82, 2.24) is 20.0 Å². The van der Waals surface area contributed by atoms with Crippen molar-refractivity contribution in [3.8, 4) is 23.4 Å². The molecule has 7 nitrogen and oxygen atoms in total. The number of amides is 1. The van der Waals surface area contributed by atoms with Gasteiger partial charge in [0.1, 0.15) is 18.1 Å². The van der Waals surface area contributed by atoms with Crippen LogP contribution < -0.4 is 0 Å². The van der Waals surface area contributed by atoms with Gasteiger partial charge in [-0.3, -0.25) is 4.98 Å². The molecule has 8 heteroatoms. The lowest BCUT2D eigenvalue weighted by atomic mass is 10.2. The molecule has 3 rings (SSSR count). The van der Waals surface area contributed by atoms with Gasteiger partial charge in [-0.05, 0) is 30.3 Å². The molecule has 0 unspecified atom stereocenters. The largest absolute Gasteiger partial charge is 0.465 e. The summed E-state index contributed by atoms with van der Waals surface area (Å²) in [5.41, 5.74) is 1.68. The maximum absolute atomic E-state index is 13.1. The Morgan fingerprint density at radius 1 is 1.27 bits per heavy atom. The highest BCUT2D eigenvalue weighted by Crippen LogP contribution is 2.14. The third kappa shape index (κ3) is 4.21. The number of carbonyl (C=O) groups is 1. The van der Waals surface area contributed by atoms with Crippen LogP contribution in [0.1, 0.15) is 17.0 Å². The molecule has 0 saturated carbocycles. The predicted octanol–water partition coefficient (Wildman–Crippen LogP) is 2.78. The highest BCUT2D eigenvalue weighted by Gasteiger charge is 2.14. The Balaban J connectivity index is 1.72. The molecule has 26 heavy (non-hydrogen) atoms. The van der Waals surface area contributed by atoms with Crippen LogP contribution >= 0.6 is 0 Å². The minimum Gasteiger partial charge on any atom is -0.465 e. The fourth-order valence-corrected chi connectivity index (χ4v) is 2.00. The molecule has 130 valence electrons. The monoisotopic (exact) mass is 352 g/mol. The molecule has 0 aliphatic rings. The number of pyridine rings is 1. The van der Waals surface area contributed by atoms with Crippen molar-refractivity contribution in [3.05, 3.63) is 65.4 Å². The molecule has 0 fully saturated rings. The van der Waals surface area contributed by atoms with Gasteiger partial charge in [-0.25, -0.2) is 9.18 Å². The first-order valence-electron chi connectivity index (χ1n) is 7.52. The number of carboxylic acid groups (broad SMARTS) is 1. The van der Waals surface area contributed by atoms with Crippen molar-refractivity contribution < 1.29 is 18.8 Å². The highest BCUT2D eigenvalue weighted by atomic mass is 19.1. The molecule has 0 aliphatic carbocycles. The molecule has 2 heterocycles. The maximum Gasteiger partial charge on any atom is 0.407 e. The second-order valence-electron chi connectivity index (χ2n) is 5.34. The molecule has 0 atom stereocenters. The van der Waals surface area contributed by atoms with Gasteiger partial charge >= 0.3 is 6.09 Å². The first-order valence-corrected chi connectivity index (χ1v) is 7.52. The Kier molecular flexibility index (Phi) is 4.90. The van der Waals surface area contributed by atoms with Crippen LogP contribution in [-0.2, 0) is 6.54 Å². The minimum atomic E-state index is -1.09. The summed E-state index contributed by atoms with van der Waals surface area (Å²) in [7, 11) is 1.40. The number of nitrogens with zero attached hydrogens (tertiary/aromatic N) is 4. The van der Waals surface area contributed by atoms with E-state index in [9.17, 15) is 9.18 Å². The second-order valence-corrected chi connectivity index (χ2v) is 5.34. The molecular weight excluding hydrogens is 339 g/mol. The van der Waals surface area contributed by atoms with Crippen molar-refractivity contribution in [1.29, 1.82) is 0 Å². The second kappa shape index (κ2) is 7.44. The summed E-state index contributed by atoms with van der Waals surface area (Å²) in [4.78, 5) is 20.1. The number of hydrogen-bond donors (Lipinski definition) is 1. The lowest BCUT2D eigenvalue weighted by Crippen LogP contribution is -2.24. The zero-order valence-corrected chi connectivity index (χ0v) is 13.7. The van der Waals surface area contributed by atoms with E-state index < -0.39 is 6.09 Å². The van der Waals surface area contributed by atoms with Crippen LogP contribution in [-0.4, -0.2) is 38.3 Å². The van der Waals surface area contributed by atoms with Gasteiger partial charge < -0.3 is 14.5 Å². The van der Waals surface area contributed by atoms with E-state index in [1.807, 2.05) is 0 Å². The summed E-state index contributed by atoms with van der Waals surface area (Å²) in [5.74, 6) is 5.83. The fourth-order valence-electron chi connectivity index (χ4n) is 2.00. The van der Waals surface area contributed by atoms with Gasteiger partial charge in [-0.2, -0.15) is 4.98 Å². The molecule has 3 aromatic rings. The SMILES string of the molecule is CN(Cc1nc(-c2ccc(C#Cc3cccc(F)c3)cn2)no1)C(=O)O. The van der Waals surface area contributed by atoms with E-state index in [4.69, 9.17) is 9.63 Å². The first kappa shape index (κ1) is 17.1. The Morgan fingerprint density at radius 3 is 2.77 bits per heavy atom. The lowest BCUT2D eigenvalue weighted by molar-refractivity contribution is 0.148. The van der Waals surface area contributed by atoms with Crippen LogP contribution in [0.5, 0.6) is 0 Å². The number of benzene rings is 1. The smallest absolute Gasteiger partial charge is 0.407 e. The Hall–Kier alpha value is -3.73. The average Bonchev–Trinajstić information content (AvgIpc) is 3.09. The van der Waals surface area contributed by atoms with Crippen molar-refractivity contribution in [3.63, 3.8) is 0 Å². The van der Waals surface area contributed by atoms with E-state index >= 15 is 0 Å². The molecule has 0 spiro atoms. The van der Waals surface area contributed by atoms with Crippen LogP contribution in [0.2, 0.25) is 0 Å². The third-order valence-electron chi connectivity index (χ3n) is 3.34. The van der Waals surface area contributed by atoms with E-state index in [-0.39, 0.29) is 24.1 Å². The number of aromatic nitrogens is 3. The summed E-state index contributed by atoms with van der Waals surface area (Å²) in [6, 6.07) is 9.42. The molecule has 0 radical (unpaired) electrons. The summed E-state index contributed by atoms with van der Waals surface area (Å²) >= 11 is 0. The zero-order chi connectivity index (χ0) is 18.5. The van der Waals surface area contributed by atoms with Gasteiger partial charge in [0.2, 0.25) is 11.7 Å². The zero-order valence-electron chi connectivity index (χ0n) is 13.7. The van der Waals surface area contributed by atoms with Crippen LogP contribution in [0.25, 0.3) is 11.5 Å². The van der Waals surface area contributed by atoms with Gasteiger partial charge in [0, 0.05) is 24.4 Å². The predicted molar refractivity (Wildman–Crippen MR) is 89.4 cm³/mol. The molecule has 1 amide bonds. The molecule has 0 saturated heterocycles. The summed E-state index contributed by atoms with van der Waals surface area (Å²) in [6.07, 6.45) is 0.449. The topological polar surface area (TPSA) is 92.4 Å². The van der Waals surface area contributed by atoms with Crippen LogP contribution in [0.3, 0.4) is 0 Å². The molecular formula is C18H13FN4O3. The molecule has 1 aromatic carbocycles. The van der Waals surface area contributed by atoms with Gasteiger partial charge in [-0.1, -0.05) is 23.1 Å². The average molecular weight is 352 g/mol. The normalized spacial score (nSPS) is 10.1. The quantitative estimate of drug-likeness (QED) is 0.729. The fraction of sp³-hybridized carbons (Fsp3) is 0.111. The van der Waals surface area contributed by atoms with Gasteiger partial charge in [-0.15, -0.1) is 0 Å². The van der Waals surface area contributed by atoms with E-state index in [2.05, 4.69) is 27.0 Å². The number of hydrogen-bond acceptors (Lipinski definition) is 5. The summed E-state index contributed by atoms with van der Waals surface area (Å²) in [5, 5.41) is 12.6. The van der Waals surface area contributed by atoms with E-state index in [1.54, 1.807) is 30.5 Å². The van der Waals surface area contributed by atoms with Gasteiger partial charge in [0.25, 0.3) is 0 Å². The van der Waals surface area contributed by atoms with Crippen molar-refractivity contribution in [2.75, 3.05) is 7.05 Å². The lowest BCUT2D eigenvalue weighted by Gasteiger charge is -2.08. The van der Waals surface area contributed by atoms with E-state index in [0.29, 0.717) is 16.8 Å². The molecule has 2 aromatic heterocycles. The Labute approximate surface area is 148 Å². The van der Waals surface area contributed by atoms with Crippen LogP contribution in [0.4, 0.5) is 9.18 Å². The highest BCUT2D eigenvalue weighted by molar-refractivity contribution is 5.64. The summed E-state index contributed by atoms with van der Waals surface area (Å²) < 4.78 is 18.1. The molecule has 1 N–H and O–H groups in total. The van der Waals surface area contributed by atoms with Gasteiger partial charge in [0.05, 0.1) is 0 Å². The number of halogens is 1. The third-order valence-corrected chi connectivity index (χ3v) is 3.34. The Bertz CT molecular complexity index is 989. The number of rotatable bonds is 3. The van der Waals surface area contributed by atoms with Crippen molar-refractivity contribution in [2.45, 2.75) is 6.54 Å². The standard InChI is InChI=1S/C18H13FN4O3/c1-23(18(24)25)11-16-21-17(22-26-16)15-8-7-13(10-20-15)6-5-12-3-2-4-14(19)9-12/h2-4,7-10H,11H2,1H3,(H,24,25). The summed E-state index contributed by atoms with van der Waals surface area (Å²) in [6.45, 7) is -0.0144. The van der Waals surface area contributed by atoms with Crippen molar-refractivity contribution in [2.24, 2.45) is 0 Å². The molecule has 0 aliphatic heterocycles. The Morgan fingerprint density at radius 2 is 2.08 bits per heavy atom.